The van der Waals surface area contributed by atoms with E-state index in [-0.39, 0.29) is 6.10 Å². The highest BCUT2D eigenvalue weighted by molar-refractivity contribution is 9.10. The van der Waals surface area contributed by atoms with Crippen LogP contribution < -0.4 is 5.73 Å². The molecule has 0 aliphatic heterocycles. The predicted molar refractivity (Wildman–Crippen MR) is 80.6 cm³/mol. The van der Waals surface area contributed by atoms with Crippen LogP contribution >= 0.6 is 15.9 Å². The Labute approximate surface area is 119 Å². The SMILES string of the molecule is CCCCCCCOC(CN)c1ccccc1Br. The number of nitrogens with two attached hydrogens (primary N) is 1. The molecule has 0 saturated carbocycles. The van der Waals surface area contributed by atoms with E-state index in [4.69, 9.17) is 10.5 Å². The minimum atomic E-state index is 0.00625. The molecule has 102 valence electrons. The van der Waals surface area contributed by atoms with E-state index < -0.39 is 0 Å². The van der Waals surface area contributed by atoms with Crippen LogP contribution in [0.5, 0.6) is 0 Å². The third-order valence-electron chi connectivity index (χ3n) is 3.03. The van der Waals surface area contributed by atoms with Gasteiger partial charge in [0.1, 0.15) is 0 Å². The topological polar surface area (TPSA) is 35.2 Å². The maximum absolute atomic E-state index is 5.88. The summed E-state index contributed by atoms with van der Waals surface area (Å²) in [4.78, 5) is 0. The highest BCUT2D eigenvalue weighted by atomic mass is 79.9. The third kappa shape index (κ3) is 5.51. The van der Waals surface area contributed by atoms with Gasteiger partial charge in [0.25, 0.3) is 0 Å². The molecule has 1 atom stereocenters. The fourth-order valence-corrected chi connectivity index (χ4v) is 2.49. The molecule has 0 aliphatic carbocycles. The van der Waals surface area contributed by atoms with E-state index in [2.05, 4.69) is 28.9 Å². The van der Waals surface area contributed by atoms with Gasteiger partial charge in [-0.15, -0.1) is 0 Å². The fourth-order valence-electron chi connectivity index (χ4n) is 1.95. The summed E-state index contributed by atoms with van der Waals surface area (Å²) in [5.41, 5.74) is 6.94. The Hall–Kier alpha value is -0.380. The highest BCUT2D eigenvalue weighted by Gasteiger charge is 2.12. The van der Waals surface area contributed by atoms with Gasteiger partial charge >= 0.3 is 0 Å². The van der Waals surface area contributed by atoms with Crippen LogP contribution in [0.1, 0.15) is 50.7 Å². The average molecular weight is 314 g/mol. The monoisotopic (exact) mass is 313 g/mol. The van der Waals surface area contributed by atoms with Crippen LogP contribution in [0, 0.1) is 0 Å². The molecule has 0 heterocycles. The zero-order chi connectivity index (χ0) is 13.2. The van der Waals surface area contributed by atoms with E-state index in [1.165, 1.54) is 25.7 Å². The molecule has 1 rings (SSSR count). The highest BCUT2D eigenvalue weighted by Crippen LogP contribution is 2.25. The van der Waals surface area contributed by atoms with Gasteiger partial charge in [0.15, 0.2) is 0 Å². The van der Waals surface area contributed by atoms with Crippen molar-refractivity contribution in [3.63, 3.8) is 0 Å². The summed E-state index contributed by atoms with van der Waals surface area (Å²) >= 11 is 3.55. The largest absolute Gasteiger partial charge is 0.372 e. The number of rotatable bonds is 9. The molecule has 1 unspecified atom stereocenters. The zero-order valence-corrected chi connectivity index (χ0v) is 12.8. The molecule has 0 spiro atoms. The van der Waals surface area contributed by atoms with E-state index in [0.29, 0.717) is 6.54 Å². The van der Waals surface area contributed by atoms with Crippen LogP contribution in [0.15, 0.2) is 28.7 Å². The van der Waals surface area contributed by atoms with Crippen molar-refractivity contribution >= 4 is 15.9 Å². The first-order chi connectivity index (χ1) is 8.79. The van der Waals surface area contributed by atoms with Gasteiger partial charge in [-0.25, -0.2) is 0 Å². The summed E-state index contributed by atoms with van der Waals surface area (Å²) in [5, 5.41) is 0. The molecule has 2 nitrogen and oxygen atoms in total. The van der Waals surface area contributed by atoms with Crippen molar-refractivity contribution in [2.75, 3.05) is 13.2 Å². The van der Waals surface area contributed by atoms with E-state index >= 15 is 0 Å². The average Bonchev–Trinajstić information content (AvgIpc) is 2.39. The lowest BCUT2D eigenvalue weighted by Crippen LogP contribution is -2.17. The number of hydrogen-bond acceptors (Lipinski definition) is 2. The van der Waals surface area contributed by atoms with Crippen LogP contribution in [-0.2, 0) is 4.74 Å². The van der Waals surface area contributed by atoms with Gasteiger partial charge in [0.05, 0.1) is 6.10 Å². The molecule has 2 N–H and O–H groups in total. The molecule has 1 aromatic rings. The maximum Gasteiger partial charge on any atom is 0.0957 e. The minimum absolute atomic E-state index is 0.00625. The standard InChI is InChI=1S/C15H24BrNO/c1-2-3-4-5-8-11-18-15(12-17)13-9-6-7-10-14(13)16/h6-7,9-10,15H,2-5,8,11-12,17H2,1H3. The summed E-state index contributed by atoms with van der Waals surface area (Å²) in [7, 11) is 0. The number of hydrogen-bond donors (Lipinski definition) is 1. The van der Waals surface area contributed by atoms with Gasteiger partial charge in [-0.05, 0) is 18.1 Å². The molecule has 3 heteroatoms. The first-order valence-corrected chi connectivity index (χ1v) is 7.65. The van der Waals surface area contributed by atoms with E-state index in [9.17, 15) is 0 Å². The maximum atomic E-state index is 5.88. The molecule has 0 bridgehead atoms. The summed E-state index contributed by atoms with van der Waals surface area (Å²) in [6.07, 6.45) is 6.30. The quantitative estimate of drug-likeness (QED) is 0.684. The van der Waals surface area contributed by atoms with Crippen LogP contribution in [0.25, 0.3) is 0 Å². The lowest BCUT2D eigenvalue weighted by atomic mass is 10.1. The Balaban J connectivity index is 2.32. The first-order valence-electron chi connectivity index (χ1n) is 6.85. The van der Waals surface area contributed by atoms with Crippen molar-refractivity contribution in [1.82, 2.24) is 0 Å². The smallest absolute Gasteiger partial charge is 0.0957 e. The molecule has 0 saturated heterocycles. The second-order valence-electron chi connectivity index (χ2n) is 4.53. The van der Waals surface area contributed by atoms with Crippen molar-refractivity contribution in [1.29, 1.82) is 0 Å². The van der Waals surface area contributed by atoms with Crippen LogP contribution in [-0.4, -0.2) is 13.2 Å². The van der Waals surface area contributed by atoms with Crippen molar-refractivity contribution in [3.8, 4) is 0 Å². The van der Waals surface area contributed by atoms with Crippen LogP contribution in [0.2, 0.25) is 0 Å². The van der Waals surface area contributed by atoms with Gasteiger partial charge in [-0.2, -0.15) is 0 Å². The molecular weight excluding hydrogens is 290 g/mol. The Morgan fingerprint density at radius 3 is 2.56 bits per heavy atom. The summed E-state index contributed by atoms with van der Waals surface area (Å²) in [6, 6.07) is 8.13. The molecular formula is C15H24BrNO. The molecule has 18 heavy (non-hydrogen) atoms. The first kappa shape index (κ1) is 15.7. The predicted octanol–water partition coefficient (Wildman–Crippen LogP) is 4.44. The molecule has 0 fully saturated rings. The molecule has 1 aromatic carbocycles. The van der Waals surface area contributed by atoms with Crippen LogP contribution in [0.3, 0.4) is 0 Å². The lowest BCUT2D eigenvalue weighted by Gasteiger charge is -2.17. The zero-order valence-electron chi connectivity index (χ0n) is 11.2. The summed E-state index contributed by atoms with van der Waals surface area (Å²) in [5.74, 6) is 0. The van der Waals surface area contributed by atoms with Gasteiger partial charge in [-0.3, -0.25) is 0 Å². The minimum Gasteiger partial charge on any atom is -0.372 e. The Kier molecular flexibility index (Phi) is 8.31. The molecule has 0 aromatic heterocycles. The molecule has 0 aliphatic rings. The number of ether oxygens (including phenoxy) is 1. The van der Waals surface area contributed by atoms with E-state index in [1.807, 2.05) is 18.2 Å². The second-order valence-corrected chi connectivity index (χ2v) is 5.39. The second kappa shape index (κ2) is 9.54. The number of unbranched alkanes of at least 4 members (excludes halogenated alkanes) is 4. The van der Waals surface area contributed by atoms with Gasteiger partial charge < -0.3 is 10.5 Å². The lowest BCUT2D eigenvalue weighted by molar-refractivity contribution is 0.0553. The van der Waals surface area contributed by atoms with E-state index in [0.717, 1.165) is 23.1 Å². The summed E-state index contributed by atoms with van der Waals surface area (Å²) in [6.45, 7) is 3.55. The summed E-state index contributed by atoms with van der Waals surface area (Å²) < 4.78 is 6.96. The Morgan fingerprint density at radius 2 is 1.89 bits per heavy atom. The number of benzene rings is 1. The van der Waals surface area contributed by atoms with Gasteiger partial charge in [0.2, 0.25) is 0 Å². The fraction of sp³-hybridized carbons (Fsp3) is 0.600. The molecule has 0 amide bonds. The van der Waals surface area contributed by atoms with Crippen molar-refractivity contribution in [3.05, 3.63) is 34.3 Å². The normalized spacial score (nSPS) is 12.6. The molecule has 0 radical (unpaired) electrons. The van der Waals surface area contributed by atoms with Crippen molar-refractivity contribution in [2.45, 2.75) is 45.1 Å². The van der Waals surface area contributed by atoms with Crippen LogP contribution in [0.4, 0.5) is 0 Å². The van der Waals surface area contributed by atoms with Crippen molar-refractivity contribution in [2.24, 2.45) is 5.73 Å². The van der Waals surface area contributed by atoms with Gasteiger partial charge in [-0.1, -0.05) is 66.7 Å². The Bertz CT molecular complexity index is 330. The van der Waals surface area contributed by atoms with E-state index in [1.54, 1.807) is 0 Å². The number of halogens is 1. The third-order valence-corrected chi connectivity index (χ3v) is 3.76. The van der Waals surface area contributed by atoms with Gasteiger partial charge in [0, 0.05) is 17.6 Å². The van der Waals surface area contributed by atoms with Crippen molar-refractivity contribution < 1.29 is 4.74 Å². The Morgan fingerprint density at radius 1 is 1.17 bits per heavy atom.